The van der Waals surface area contributed by atoms with Gasteiger partial charge in [0.25, 0.3) is 0 Å². The SMILES string of the molecule is CNCCN1COc2ccccc21. The van der Waals surface area contributed by atoms with Gasteiger partial charge in [-0.15, -0.1) is 0 Å². The second kappa shape index (κ2) is 3.66. The van der Waals surface area contributed by atoms with E-state index >= 15 is 0 Å². The summed E-state index contributed by atoms with van der Waals surface area (Å²) in [5.41, 5.74) is 1.21. The zero-order valence-corrected chi connectivity index (χ0v) is 7.79. The molecule has 0 saturated carbocycles. The van der Waals surface area contributed by atoms with E-state index in [1.807, 2.05) is 25.2 Å². The zero-order valence-electron chi connectivity index (χ0n) is 7.79. The van der Waals surface area contributed by atoms with Crippen LogP contribution in [0, 0.1) is 0 Å². The van der Waals surface area contributed by atoms with Crippen molar-refractivity contribution in [1.82, 2.24) is 5.32 Å². The van der Waals surface area contributed by atoms with Gasteiger partial charge in [-0.25, -0.2) is 0 Å². The molecule has 0 aliphatic carbocycles. The number of nitrogens with one attached hydrogen (secondary N) is 1. The van der Waals surface area contributed by atoms with E-state index in [-0.39, 0.29) is 0 Å². The molecule has 0 aromatic heterocycles. The van der Waals surface area contributed by atoms with Gasteiger partial charge >= 0.3 is 0 Å². The Bertz CT molecular complexity index is 288. The minimum Gasteiger partial charge on any atom is -0.471 e. The molecule has 2 rings (SSSR count). The Balaban J connectivity index is 2.09. The molecule has 0 radical (unpaired) electrons. The van der Waals surface area contributed by atoms with E-state index < -0.39 is 0 Å². The first-order valence-electron chi connectivity index (χ1n) is 4.53. The molecule has 0 bridgehead atoms. The van der Waals surface area contributed by atoms with Gasteiger partial charge in [-0.05, 0) is 19.2 Å². The van der Waals surface area contributed by atoms with Crippen molar-refractivity contribution >= 4 is 5.69 Å². The predicted molar refractivity (Wildman–Crippen MR) is 53.2 cm³/mol. The lowest BCUT2D eigenvalue weighted by Crippen LogP contribution is -2.29. The first-order valence-corrected chi connectivity index (χ1v) is 4.53. The van der Waals surface area contributed by atoms with Crippen LogP contribution in [0.2, 0.25) is 0 Å². The van der Waals surface area contributed by atoms with Crippen molar-refractivity contribution in [3.05, 3.63) is 24.3 Å². The van der Waals surface area contributed by atoms with Crippen LogP contribution in [0.4, 0.5) is 5.69 Å². The van der Waals surface area contributed by atoms with Crippen LogP contribution in [0.25, 0.3) is 0 Å². The van der Waals surface area contributed by atoms with Crippen LogP contribution in [-0.2, 0) is 0 Å². The molecular weight excluding hydrogens is 164 g/mol. The Morgan fingerprint density at radius 1 is 1.46 bits per heavy atom. The van der Waals surface area contributed by atoms with Crippen LogP contribution in [0.5, 0.6) is 5.75 Å². The number of hydrogen-bond donors (Lipinski definition) is 1. The van der Waals surface area contributed by atoms with Crippen molar-refractivity contribution in [3.63, 3.8) is 0 Å². The lowest BCUT2D eigenvalue weighted by molar-refractivity contribution is 0.346. The summed E-state index contributed by atoms with van der Waals surface area (Å²) in [5.74, 6) is 0.999. The first-order chi connectivity index (χ1) is 6.42. The van der Waals surface area contributed by atoms with E-state index in [4.69, 9.17) is 4.74 Å². The van der Waals surface area contributed by atoms with Gasteiger partial charge in [-0.1, -0.05) is 12.1 Å². The van der Waals surface area contributed by atoms with Crippen molar-refractivity contribution in [1.29, 1.82) is 0 Å². The number of anilines is 1. The maximum absolute atomic E-state index is 5.51. The molecule has 1 heterocycles. The summed E-state index contributed by atoms with van der Waals surface area (Å²) in [7, 11) is 1.96. The molecule has 1 aliphatic heterocycles. The second-order valence-corrected chi connectivity index (χ2v) is 3.11. The molecule has 0 amide bonds. The van der Waals surface area contributed by atoms with Crippen LogP contribution in [0.1, 0.15) is 0 Å². The quantitative estimate of drug-likeness (QED) is 0.749. The molecule has 0 saturated heterocycles. The molecule has 0 fully saturated rings. The fraction of sp³-hybridized carbons (Fsp3) is 0.400. The highest BCUT2D eigenvalue weighted by Gasteiger charge is 2.18. The molecule has 3 heteroatoms. The molecule has 0 spiro atoms. The Labute approximate surface area is 78.3 Å². The summed E-state index contributed by atoms with van der Waals surface area (Å²) < 4.78 is 5.51. The lowest BCUT2D eigenvalue weighted by atomic mass is 10.3. The van der Waals surface area contributed by atoms with Gasteiger partial charge in [0.05, 0.1) is 5.69 Å². The molecule has 3 nitrogen and oxygen atoms in total. The van der Waals surface area contributed by atoms with Crippen LogP contribution < -0.4 is 15.0 Å². The van der Waals surface area contributed by atoms with Crippen molar-refractivity contribution in [2.45, 2.75) is 0 Å². The Morgan fingerprint density at radius 2 is 2.31 bits per heavy atom. The number of benzene rings is 1. The van der Waals surface area contributed by atoms with Crippen LogP contribution in [-0.4, -0.2) is 26.9 Å². The van der Waals surface area contributed by atoms with Gasteiger partial charge in [0, 0.05) is 13.1 Å². The van der Waals surface area contributed by atoms with Gasteiger partial charge < -0.3 is 15.0 Å². The molecule has 0 atom stereocenters. The van der Waals surface area contributed by atoms with E-state index in [1.54, 1.807) is 0 Å². The minimum absolute atomic E-state index is 0.682. The Kier molecular flexibility index (Phi) is 2.36. The Morgan fingerprint density at radius 3 is 3.15 bits per heavy atom. The minimum atomic E-state index is 0.682. The van der Waals surface area contributed by atoms with Crippen molar-refractivity contribution in [2.24, 2.45) is 0 Å². The van der Waals surface area contributed by atoms with Gasteiger partial charge in [0.2, 0.25) is 0 Å². The van der Waals surface area contributed by atoms with Crippen LogP contribution in [0.3, 0.4) is 0 Å². The maximum Gasteiger partial charge on any atom is 0.161 e. The fourth-order valence-electron chi connectivity index (χ4n) is 1.49. The van der Waals surface area contributed by atoms with Crippen molar-refractivity contribution < 1.29 is 4.74 Å². The topological polar surface area (TPSA) is 24.5 Å². The number of likely N-dealkylation sites (N-methyl/N-ethyl adjacent to an activating group) is 1. The largest absolute Gasteiger partial charge is 0.471 e. The van der Waals surface area contributed by atoms with E-state index in [2.05, 4.69) is 16.3 Å². The van der Waals surface area contributed by atoms with E-state index in [9.17, 15) is 0 Å². The Hall–Kier alpha value is -1.22. The third-order valence-electron chi connectivity index (χ3n) is 2.21. The van der Waals surface area contributed by atoms with Crippen molar-refractivity contribution in [3.8, 4) is 5.75 Å². The summed E-state index contributed by atoms with van der Waals surface area (Å²) in [6.45, 7) is 2.66. The number of rotatable bonds is 3. The first kappa shape index (κ1) is 8.38. The highest BCUT2D eigenvalue weighted by molar-refractivity contribution is 5.60. The highest BCUT2D eigenvalue weighted by atomic mass is 16.5. The average Bonchev–Trinajstić information content (AvgIpc) is 2.58. The summed E-state index contributed by atoms with van der Waals surface area (Å²) in [6, 6.07) is 8.15. The number of ether oxygens (including phenoxy) is 1. The lowest BCUT2D eigenvalue weighted by Gasteiger charge is -2.15. The number of para-hydroxylation sites is 2. The zero-order chi connectivity index (χ0) is 9.10. The summed E-state index contributed by atoms with van der Waals surface area (Å²) in [6.07, 6.45) is 0. The summed E-state index contributed by atoms with van der Waals surface area (Å²) in [5, 5.41) is 3.13. The van der Waals surface area contributed by atoms with Crippen LogP contribution in [0.15, 0.2) is 24.3 Å². The third-order valence-corrected chi connectivity index (χ3v) is 2.21. The van der Waals surface area contributed by atoms with Gasteiger partial charge in [-0.3, -0.25) is 0 Å². The van der Waals surface area contributed by atoms with Crippen LogP contribution >= 0.6 is 0 Å². The molecule has 13 heavy (non-hydrogen) atoms. The van der Waals surface area contributed by atoms with Gasteiger partial charge in [0.15, 0.2) is 6.73 Å². The second-order valence-electron chi connectivity index (χ2n) is 3.11. The number of hydrogen-bond acceptors (Lipinski definition) is 3. The fourth-order valence-corrected chi connectivity index (χ4v) is 1.49. The molecule has 1 aliphatic rings. The average molecular weight is 178 g/mol. The standard InChI is InChI=1S/C10H14N2O/c1-11-6-7-12-8-13-10-5-3-2-4-9(10)12/h2-5,11H,6-8H2,1H3. The monoisotopic (exact) mass is 178 g/mol. The van der Waals surface area contributed by atoms with E-state index in [0.717, 1.165) is 18.8 Å². The number of nitrogens with zero attached hydrogens (tertiary/aromatic N) is 1. The van der Waals surface area contributed by atoms with Gasteiger partial charge in [0.1, 0.15) is 5.75 Å². The smallest absolute Gasteiger partial charge is 0.161 e. The molecule has 1 N–H and O–H groups in total. The molecule has 0 unspecified atom stereocenters. The van der Waals surface area contributed by atoms with E-state index in [0.29, 0.717) is 6.73 Å². The highest BCUT2D eigenvalue weighted by Crippen LogP contribution is 2.32. The van der Waals surface area contributed by atoms with Crippen molar-refractivity contribution in [2.75, 3.05) is 31.8 Å². The molecular formula is C10H14N2O. The maximum atomic E-state index is 5.51. The van der Waals surface area contributed by atoms with Gasteiger partial charge in [-0.2, -0.15) is 0 Å². The third kappa shape index (κ3) is 1.60. The summed E-state index contributed by atoms with van der Waals surface area (Å²) in [4.78, 5) is 2.23. The molecule has 1 aromatic rings. The summed E-state index contributed by atoms with van der Waals surface area (Å²) >= 11 is 0. The number of fused-ring (bicyclic) bond motifs is 1. The predicted octanol–water partition coefficient (Wildman–Crippen LogP) is 1.06. The molecule has 1 aromatic carbocycles. The molecule has 70 valence electrons. The van der Waals surface area contributed by atoms with E-state index in [1.165, 1.54) is 5.69 Å². The normalized spacial score (nSPS) is 14.1.